The fraction of sp³-hybridized carbons (Fsp3) is 0.118. The molecule has 2 aromatic rings. The number of thiocarbonyl (C=S) groups is 1. The van der Waals surface area contributed by atoms with Crippen molar-refractivity contribution in [2.75, 3.05) is 19.4 Å². The summed E-state index contributed by atoms with van der Waals surface area (Å²) in [7, 11) is 3.36. The second kappa shape index (κ2) is 8.29. The molecule has 0 heterocycles. The third kappa shape index (κ3) is 5.16. The molecule has 2 aromatic carbocycles. The van der Waals surface area contributed by atoms with Crippen LogP contribution in [0.3, 0.4) is 0 Å². The first-order valence-electron chi connectivity index (χ1n) is 7.17. The lowest BCUT2D eigenvalue weighted by atomic mass is 10.2. The first kappa shape index (κ1) is 19.2. The molecule has 0 aliphatic rings. The minimum atomic E-state index is -0.446. The van der Waals surface area contributed by atoms with Crippen molar-refractivity contribution in [1.82, 2.24) is 10.2 Å². The summed E-state index contributed by atoms with van der Waals surface area (Å²) in [6.07, 6.45) is 0. The second-order valence-corrected chi connectivity index (χ2v) is 6.56. The molecule has 0 aromatic heterocycles. The van der Waals surface area contributed by atoms with E-state index in [0.717, 1.165) is 0 Å². The summed E-state index contributed by atoms with van der Waals surface area (Å²) in [5.74, 6) is -0.543. The van der Waals surface area contributed by atoms with Gasteiger partial charge in [0.05, 0.1) is 10.6 Å². The Kier molecular flexibility index (Phi) is 6.36. The number of carbonyl (C=O) groups is 2. The van der Waals surface area contributed by atoms with Crippen LogP contribution in [0, 0.1) is 0 Å². The molecule has 0 aliphatic heterocycles. The molecule has 0 atom stereocenters. The van der Waals surface area contributed by atoms with Crippen molar-refractivity contribution in [3.8, 4) is 0 Å². The van der Waals surface area contributed by atoms with Gasteiger partial charge in [-0.3, -0.25) is 14.9 Å². The van der Waals surface area contributed by atoms with Gasteiger partial charge in [0, 0.05) is 30.4 Å². The summed E-state index contributed by atoms with van der Waals surface area (Å²) in [4.78, 5) is 25.5. The molecule has 8 heteroatoms. The Morgan fingerprint density at radius 1 is 1.04 bits per heavy atom. The van der Waals surface area contributed by atoms with Gasteiger partial charge in [-0.2, -0.15) is 0 Å². The Bertz CT molecular complexity index is 823. The van der Waals surface area contributed by atoms with E-state index in [4.69, 9.17) is 35.4 Å². The summed E-state index contributed by atoms with van der Waals surface area (Å²) in [5.41, 5.74) is 1.46. The van der Waals surface area contributed by atoms with Gasteiger partial charge in [0.1, 0.15) is 0 Å². The van der Waals surface area contributed by atoms with Gasteiger partial charge < -0.3 is 10.2 Å². The lowest BCUT2D eigenvalue weighted by molar-refractivity contribution is 0.0827. The molecule has 5 nitrogen and oxygen atoms in total. The molecular formula is C17H15Cl2N3O2S. The maximum Gasteiger partial charge on any atom is 0.258 e. The lowest BCUT2D eigenvalue weighted by Gasteiger charge is -2.12. The molecular weight excluding hydrogens is 381 g/mol. The highest BCUT2D eigenvalue weighted by molar-refractivity contribution is 7.80. The lowest BCUT2D eigenvalue weighted by Crippen LogP contribution is -2.34. The second-order valence-electron chi connectivity index (χ2n) is 5.31. The molecule has 0 saturated carbocycles. The highest BCUT2D eigenvalue weighted by Crippen LogP contribution is 2.20. The number of nitrogens with zero attached hydrogens (tertiary/aromatic N) is 1. The van der Waals surface area contributed by atoms with Crippen LogP contribution in [0.2, 0.25) is 10.0 Å². The number of rotatable bonds is 3. The molecule has 2 rings (SSSR count). The molecule has 0 saturated heterocycles. The molecule has 0 bridgehead atoms. The number of benzene rings is 2. The average molecular weight is 396 g/mol. The third-order valence-corrected chi connectivity index (χ3v) is 3.95. The van der Waals surface area contributed by atoms with E-state index in [0.29, 0.717) is 16.3 Å². The van der Waals surface area contributed by atoms with Gasteiger partial charge in [0.15, 0.2) is 5.11 Å². The zero-order chi connectivity index (χ0) is 18.6. The Morgan fingerprint density at radius 2 is 1.68 bits per heavy atom. The highest BCUT2D eigenvalue weighted by Gasteiger charge is 2.13. The summed E-state index contributed by atoms with van der Waals surface area (Å²) >= 11 is 16.9. The van der Waals surface area contributed by atoms with Crippen molar-refractivity contribution < 1.29 is 9.59 Å². The van der Waals surface area contributed by atoms with Gasteiger partial charge in [0.2, 0.25) is 0 Å². The van der Waals surface area contributed by atoms with Gasteiger partial charge in [-0.1, -0.05) is 23.2 Å². The van der Waals surface area contributed by atoms with E-state index in [1.807, 2.05) is 0 Å². The van der Waals surface area contributed by atoms with E-state index in [9.17, 15) is 9.59 Å². The maximum atomic E-state index is 12.2. The minimum absolute atomic E-state index is 0.0974. The van der Waals surface area contributed by atoms with Gasteiger partial charge in [0.25, 0.3) is 11.8 Å². The van der Waals surface area contributed by atoms with Crippen LogP contribution in [0.15, 0.2) is 42.5 Å². The van der Waals surface area contributed by atoms with Crippen LogP contribution < -0.4 is 10.6 Å². The van der Waals surface area contributed by atoms with E-state index < -0.39 is 5.91 Å². The standard InChI is InChI=1S/C17H15Cl2N3O2S/c1-22(2)16(24)10-3-6-12(7-4-10)20-17(25)21-15(23)13-8-5-11(18)9-14(13)19/h3-9H,1-2H3,(H2,20,21,23,25). The van der Waals surface area contributed by atoms with E-state index in [1.165, 1.54) is 17.0 Å². The molecule has 0 spiro atoms. The molecule has 25 heavy (non-hydrogen) atoms. The maximum absolute atomic E-state index is 12.2. The van der Waals surface area contributed by atoms with Crippen LogP contribution in [-0.2, 0) is 0 Å². The highest BCUT2D eigenvalue weighted by atomic mass is 35.5. The van der Waals surface area contributed by atoms with Gasteiger partial charge >= 0.3 is 0 Å². The monoisotopic (exact) mass is 395 g/mol. The molecule has 0 aliphatic carbocycles. The Balaban J connectivity index is 2.00. The quantitative estimate of drug-likeness (QED) is 0.775. The number of carbonyl (C=O) groups excluding carboxylic acids is 2. The number of amides is 2. The Morgan fingerprint density at radius 3 is 2.24 bits per heavy atom. The van der Waals surface area contributed by atoms with E-state index in [1.54, 1.807) is 44.4 Å². The van der Waals surface area contributed by atoms with Crippen LogP contribution >= 0.6 is 35.4 Å². The van der Waals surface area contributed by atoms with Gasteiger partial charge in [-0.15, -0.1) is 0 Å². The largest absolute Gasteiger partial charge is 0.345 e. The van der Waals surface area contributed by atoms with Crippen molar-refractivity contribution in [1.29, 1.82) is 0 Å². The topological polar surface area (TPSA) is 61.4 Å². The predicted octanol–water partition coefficient (Wildman–Crippen LogP) is 3.82. The van der Waals surface area contributed by atoms with Gasteiger partial charge in [-0.25, -0.2) is 0 Å². The van der Waals surface area contributed by atoms with Crippen LogP contribution in [0.5, 0.6) is 0 Å². The average Bonchev–Trinajstić information content (AvgIpc) is 2.54. The van der Waals surface area contributed by atoms with Crippen molar-refractivity contribution in [2.24, 2.45) is 0 Å². The summed E-state index contributed by atoms with van der Waals surface area (Å²) in [6, 6.07) is 11.3. The fourth-order valence-electron chi connectivity index (χ4n) is 1.96. The summed E-state index contributed by atoms with van der Waals surface area (Å²) in [5, 5.41) is 6.20. The number of hydrogen-bond acceptors (Lipinski definition) is 3. The number of halogens is 2. The van der Waals surface area contributed by atoms with E-state index >= 15 is 0 Å². The molecule has 0 fully saturated rings. The first-order chi connectivity index (χ1) is 11.8. The minimum Gasteiger partial charge on any atom is -0.345 e. The molecule has 0 unspecified atom stereocenters. The number of hydrogen-bond donors (Lipinski definition) is 2. The Labute approximate surface area is 160 Å². The van der Waals surface area contributed by atoms with Crippen molar-refractivity contribution in [2.45, 2.75) is 0 Å². The van der Waals surface area contributed by atoms with Gasteiger partial charge in [-0.05, 0) is 54.7 Å². The first-order valence-corrected chi connectivity index (χ1v) is 8.33. The normalized spacial score (nSPS) is 10.1. The van der Waals surface area contributed by atoms with Crippen molar-refractivity contribution >= 4 is 58.0 Å². The van der Waals surface area contributed by atoms with Crippen molar-refractivity contribution in [3.63, 3.8) is 0 Å². The zero-order valence-corrected chi connectivity index (χ0v) is 15.8. The van der Waals surface area contributed by atoms with Crippen LogP contribution in [0.1, 0.15) is 20.7 Å². The zero-order valence-electron chi connectivity index (χ0n) is 13.5. The number of nitrogens with one attached hydrogen (secondary N) is 2. The van der Waals surface area contributed by atoms with Crippen LogP contribution in [0.25, 0.3) is 0 Å². The predicted molar refractivity (Wildman–Crippen MR) is 105 cm³/mol. The van der Waals surface area contributed by atoms with Crippen molar-refractivity contribution in [3.05, 3.63) is 63.6 Å². The van der Waals surface area contributed by atoms with E-state index in [2.05, 4.69) is 10.6 Å². The van der Waals surface area contributed by atoms with Crippen LogP contribution in [0.4, 0.5) is 5.69 Å². The molecule has 2 N–H and O–H groups in total. The SMILES string of the molecule is CN(C)C(=O)c1ccc(NC(=S)NC(=O)c2ccc(Cl)cc2Cl)cc1. The summed E-state index contributed by atoms with van der Waals surface area (Å²) in [6.45, 7) is 0. The fourth-order valence-corrected chi connectivity index (χ4v) is 2.67. The number of anilines is 1. The third-order valence-electron chi connectivity index (χ3n) is 3.20. The summed E-state index contributed by atoms with van der Waals surface area (Å²) < 4.78 is 0. The van der Waals surface area contributed by atoms with E-state index in [-0.39, 0.29) is 21.6 Å². The van der Waals surface area contributed by atoms with Crippen LogP contribution in [-0.4, -0.2) is 35.9 Å². The molecule has 2 amide bonds. The smallest absolute Gasteiger partial charge is 0.258 e. The molecule has 130 valence electrons. The Hall–Kier alpha value is -2.15. The molecule has 0 radical (unpaired) electrons.